The van der Waals surface area contributed by atoms with Gasteiger partial charge in [-0.3, -0.25) is 4.79 Å². The fourth-order valence-electron chi connectivity index (χ4n) is 2.52. The van der Waals surface area contributed by atoms with Crippen LogP contribution in [0.5, 0.6) is 17.2 Å². The maximum atomic E-state index is 12.3. The number of hydrogen-bond donors (Lipinski definition) is 0. The van der Waals surface area contributed by atoms with Gasteiger partial charge in [-0.1, -0.05) is 0 Å². The Labute approximate surface area is 136 Å². The van der Waals surface area contributed by atoms with Crippen LogP contribution >= 0.6 is 0 Å². The molecule has 0 spiro atoms. The summed E-state index contributed by atoms with van der Waals surface area (Å²) in [7, 11) is 4.68. The Balaban J connectivity index is 2.20. The van der Waals surface area contributed by atoms with Crippen molar-refractivity contribution in [2.45, 2.75) is 13.0 Å². The Hall–Kier alpha value is -2.21. The molecule has 1 aliphatic rings. The minimum Gasteiger partial charge on any atom is -0.493 e. The van der Waals surface area contributed by atoms with Crippen molar-refractivity contribution in [1.29, 1.82) is 0 Å². The molecule has 1 aromatic rings. The van der Waals surface area contributed by atoms with E-state index in [9.17, 15) is 4.79 Å². The molecule has 0 aromatic heterocycles. The summed E-state index contributed by atoms with van der Waals surface area (Å²) < 4.78 is 21.2. The molecular formula is C17H23NO5. The second kappa shape index (κ2) is 7.87. The number of hydrogen-bond acceptors (Lipinski definition) is 5. The van der Waals surface area contributed by atoms with E-state index in [1.54, 1.807) is 50.5 Å². The number of carbonyl (C=O) groups excluding carboxylic acids is 1. The third kappa shape index (κ3) is 3.96. The quantitative estimate of drug-likeness (QED) is 0.776. The summed E-state index contributed by atoms with van der Waals surface area (Å²) in [5.74, 6) is 1.60. The highest BCUT2D eigenvalue weighted by atomic mass is 16.5. The SMILES string of the molecule is COc1cc(C=CC(=O)N2CCOCC2C)cc(OC)c1OC. The maximum Gasteiger partial charge on any atom is 0.246 e. The molecule has 23 heavy (non-hydrogen) atoms. The summed E-state index contributed by atoms with van der Waals surface area (Å²) >= 11 is 0. The first-order valence-electron chi connectivity index (χ1n) is 7.47. The summed E-state index contributed by atoms with van der Waals surface area (Å²) in [6, 6.07) is 3.68. The molecule has 1 atom stereocenters. The van der Waals surface area contributed by atoms with Crippen LogP contribution in [0.15, 0.2) is 18.2 Å². The molecule has 0 bridgehead atoms. The van der Waals surface area contributed by atoms with E-state index >= 15 is 0 Å². The van der Waals surface area contributed by atoms with E-state index < -0.39 is 0 Å². The molecule has 2 rings (SSSR count). The lowest BCUT2D eigenvalue weighted by molar-refractivity contribution is -0.133. The smallest absolute Gasteiger partial charge is 0.246 e. The average Bonchev–Trinajstić information content (AvgIpc) is 2.58. The van der Waals surface area contributed by atoms with Crippen molar-refractivity contribution in [2.75, 3.05) is 41.1 Å². The van der Waals surface area contributed by atoms with Crippen molar-refractivity contribution in [2.24, 2.45) is 0 Å². The summed E-state index contributed by atoms with van der Waals surface area (Å²) in [5.41, 5.74) is 0.800. The van der Waals surface area contributed by atoms with Gasteiger partial charge in [-0.2, -0.15) is 0 Å². The largest absolute Gasteiger partial charge is 0.493 e. The lowest BCUT2D eigenvalue weighted by atomic mass is 10.1. The van der Waals surface area contributed by atoms with Crippen molar-refractivity contribution in [3.8, 4) is 17.2 Å². The van der Waals surface area contributed by atoms with Crippen LogP contribution in [0, 0.1) is 0 Å². The summed E-state index contributed by atoms with van der Waals surface area (Å²) in [4.78, 5) is 14.1. The highest BCUT2D eigenvalue weighted by molar-refractivity contribution is 5.92. The first-order valence-corrected chi connectivity index (χ1v) is 7.47. The third-order valence-electron chi connectivity index (χ3n) is 3.76. The van der Waals surface area contributed by atoms with E-state index in [0.717, 1.165) is 5.56 Å². The van der Waals surface area contributed by atoms with Crippen molar-refractivity contribution >= 4 is 12.0 Å². The fourth-order valence-corrected chi connectivity index (χ4v) is 2.52. The van der Waals surface area contributed by atoms with Gasteiger partial charge < -0.3 is 23.8 Å². The van der Waals surface area contributed by atoms with Crippen LogP contribution in [-0.4, -0.2) is 57.9 Å². The van der Waals surface area contributed by atoms with Crippen LogP contribution in [0.25, 0.3) is 6.08 Å². The lowest BCUT2D eigenvalue weighted by Crippen LogP contribution is -2.46. The van der Waals surface area contributed by atoms with Gasteiger partial charge in [0.1, 0.15) is 0 Å². The number of methoxy groups -OCH3 is 3. The zero-order valence-electron chi connectivity index (χ0n) is 14.0. The number of carbonyl (C=O) groups is 1. The first kappa shape index (κ1) is 17.1. The standard InChI is InChI=1S/C17H23NO5/c1-12-11-23-8-7-18(12)16(19)6-5-13-9-14(20-2)17(22-4)15(10-13)21-3/h5-6,9-10,12H,7-8,11H2,1-4H3. The molecule has 126 valence electrons. The number of morpholine rings is 1. The first-order chi connectivity index (χ1) is 11.1. The van der Waals surface area contributed by atoms with Crippen LogP contribution in [0.3, 0.4) is 0 Å². The minimum atomic E-state index is -0.0328. The molecule has 1 unspecified atom stereocenters. The Morgan fingerprint density at radius 1 is 1.22 bits per heavy atom. The van der Waals surface area contributed by atoms with E-state index in [0.29, 0.717) is 37.0 Å². The second-order valence-corrected chi connectivity index (χ2v) is 5.25. The summed E-state index contributed by atoms with van der Waals surface area (Å²) in [6.45, 7) is 3.74. The van der Waals surface area contributed by atoms with Crippen molar-refractivity contribution < 1.29 is 23.7 Å². The topological polar surface area (TPSA) is 57.2 Å². The maximum absolute atomic E-state index is 12.3. The van der Waals surface area contributed by atoms with Gasteiger partial charge in [0.05, 0.1) is 40.6 Å². The Morgan fingerprint density at radius 3 is 2.39 bits per heavy atom. The number of ether oxygens (including phenoxy) is 4. The normalized spacial score (nSPS) is 18.1. The number of benzene rings is 1. The van der Waals surface area contributed by atoms with Crippen LogP contribution in [0.1, 0.15) is 12.5 Å². The summed E-state index contributed by atoms with van der Waals surface area (Å²) in [6.07, 6.45) is 3.30. The second-order valence-electron chi connectivity index (χ2n) is 5.25. The van der Waals surface area contributed by atoms with E-state index in [1.807, 2.05) is 6.92 Å². The number of amides is 1. The molecule has 1 amide bonds. The van der Waals surface area contributed by atoms with Gasteiger partial charge in [-0.25, -0.2) is 0 Å². The molecule has 0 radical (unpaired) electrons. The van der Waals surface area contributed by atoms with Gasteiger partial charge in [0, 0.05) is 12.6 Å². The zero-order valence-corrected chi connectivity index (χ0v) is 14.0. The number of rotatable bonds is 5. The van der Waals surface area contributed by atoms with Crippen molar-refractivity contribution in [3.63, 3.8) is 0 Å². The molecule has 1 fully saturated rings. The van der Waals surface area contributed by atoms with Crippen LogP contribution in [0.4, 0.5) is 0 Å². The predicted octanol–water partition coefficient (Wildman–Crippen LogP) is 1.97. The average molecular weight is 321 g/mol. The third-order valence-corrected chi connectivity index (χ3v) is 3.76. The molecule has 0 N–H and O–H groups in total. The van der Waals surface area contributed by atoms with Crippen LogP contribution in [0.2, 0.25) is 0 Å². The molecule has 1 saturated heterocycles. The Morgan fingerprint density at radius 2 is 1.87 bits per heavy atom. The van der Waals surface area contributed by atoms with E-state index in [1.165, 1.54) is 0 Å². The highest BCUT2D eigenvalue weighted by Crippen LogP contribution is 2.38. The molecule has 1 heterocycles. The summed E-state index contributed by atoms with van der Waals surface area (Å²) in [5, 5.41) is 0. The molecule has 0 saturated carbocycles. The van der Waals surface area contributed by atoms with Gasteiger partial charge in [0.2, 0.25) is 11.7 Å². The Kier molecular flexibility index (Phi) is 5.87. The monoisotopic (exact) mass is 321 g/mol. The highest BCUT2D eigenvalue weighted by Gasteiger charge is 2.21. The van der Waals surface area contributed by atoms with E-state index in [2.05, 4.69) is 0 Å². The van der Waals surface area contributed by atoms with Crippen LogP contribution in [-0.2, 0) is 9.53 Å². The number of nitrogens with zero attached hydrogens (tertiary/aromatic N) is 1. The molecular weight excluding hydrogens is 298 g/mol. The molecule has 0 aliphatic carbocycles. The van der Waals surface area contributed by atoms with Gasteiger partial charge in [0.15, 0.2) is 11.5 Å². The van der Waals surface area contributed by atoms with Gasteiger partial charge in [0.25, 0.3) is 0 Å². The van der Waals surface area contributed by atoms with Gasteiger partial charge in [-0.15, -0.1) is 0 Å². The Bertz CT molecular complexity index is 559. The van der Waals surface area contributed by atoms with Crippen LogP contribution < -0.4 is 14.2 Å². The molecule has 6 heteroatoms. The van der Waals surface area contributed by atoms with Gasteiger partial charge >= 0.3 is 0 Å². The fraction of sp³-hybridized carbons (Fsp3) is 0.471. The van der Waals surface area contributed by atoms with Gasteiger partial charge in [-0.05, 0) is 30.7 Å². The van der Waals surface area contributed by atoms with Crippen molar-refractivity contribution in [3.05, 3.63) is 23.8 Å². The minimum absolute atomic E-state index is 0.0328. The van der Waals surface area contributed by atoms with E-state index in [-0.39, 0.29) is 11.9 Å². The zero-order chi connectivity index (χ0) is 16.8. The predicted molar refractivity (Wildman–Crippen MR) is 87.1 cm³/mol. The molecule has 1 aliphatic heterocycles. The van der Waals surface area contributed by atoms with E-state index in [4.69, 9.17) is 18.9 Å². The van der Waals surface area contributed by atoms with Crippen molar-refractivity contribution in [1.82, 2.24) is 4.90 Å². The molecule has 6 nitrogen and oxygen atoms in total. The molecule has 1 aromatic carbocycles. The lowest BCUT2D eigenvalue weighted by Gasteiger charge is -2.32.